The highest BCUT2D eigenvalue weighted by Gasteiger charge is 2.22. The van der Waals surface area contributed by atoms with Gasteiger partial charge < -0.3 is 9.47 Å². The Labute approximate surface area is 157 Å². The molecule has 0 unspecified atom stereocenters. The Bertz CT molecular complexity index is 682. The second-order valence-corrected chi connectivity index (χ2v) is 7.03. The molecule has 1 fully saturated rings. The van der Waals surface area contributed by atoms with E-state index in [1.807, 2.05) is 12.1 Å². The van der Waals surface area contributed by atoms with Gasteiger partial charge in [-0.15, -0.1) is 0 Å². The van der Waals surface area contributed by atoms with Crippen molar-refractivity contribution in [2.75, 3.05) is 40.4 Å². The van der Waals surface area contributed by atoms with Crippen LogP contribution in [0.1, 0.15) is 18.1 Å². The predicted octanol–water partition coefficient (Wildman–Crippen LogP) is 3.45. The predicted molar refractivity (Wildman–Crippen MR) is 106 cm³/mol. The molecule has 0 radical (unpaired) electrons. The topological polar surface area (TPSA) is 24.9 Å². The Morgan fingerprint density at radius 3 is 2.31 bits per heavy atom. The van der Waals surface area contributed by atoms with Crippen molar-refractivity contribution in [3.63, 3.8) is 0 Å². The molecule has 1 aliphatic rings. The van der Waals surface area contributed by atoms with E-state index in [4.69, 9.17) is 9.47 Å². The van der Waals surface area contributed by atoms with Crippen LogP contribution in [0.2, 0.25) is 0 Å². The standard InChI is InChI=1S/C22H30N2O2/c1-18(15-20-9-10-21(25-2)16-22(20)26-3)24-13-11-23(12-14-24)17-19-7-5-4-6-8-19/h4-10,16,18H,11-15,17H2,1-3H3/t18-/m0/s1. The smallest absolute Gasteiger partial charge is 0.125 e. The fraction of sp³-hybridized carbons (Fsp3) is 0.455. The van der Waals surface area contributed by atoms with Gasteiger partial charge >= 0.3 is 0 Å². The zero-order valence-electron chi connectivity index (χ0n) is 16.1. The zero-order chi connectivity index (χ0) is 18.4. The van der Waals surface area contributed by atoms with E-state index in [1.54, 1.807) is 14.2 Å². The lowest BCUT2D eigenvalue weighted by molar-refractivity contribution is 0.0975. The van der Waals surface area contributed by atoms with Gasteiger partial charge in [-0.25, -0.2) is 0 Å². The molecule has 0 saturated carbocycles. The summed E-state index contributed by atoms with van der Waals surface area (Å²) in [6, 6.07) is 17.4. The van der Waals surface area contributed by atoms with E-state index in [0.717, 1.165) is 50.6 Å². The summed E-state index contributed by atoms with van der Waals surface area (Å²) in [6.45, 7) is 7.85. The van der Waals surface area contributed by atoms with Crippen LogP contribution < -0.4 is 9.47 Å². The number of ether oxygens (including phenoxy) is 2. The Balaban J connectivity index is 1.53. The summed E-state index contributed by atoms with van der Waals surface area (Å²) in [4.78, 5) is 5.14. The number of hydrogen-bond donors (Lipinski definition) is 0. The first-order valence-electron chi connectivity index (χ1n) is 9.41. The molecule has 0 amide bonds. The van der Waals surface area contributed by atoms with Crippen molar-refractivity contribution in [2.24, 2.45) is 0 Å². The van der Waals surface area contributed by atoms with Crippen LogP contribution in [-0.2, 0) is 13.0 Å². The van der Waals surface area contributed by atoms with Crippen molar-refractivity contribution in [1.82, 2.24) is 9.80 Å². The molecule has 1 heterocycles. The van der Waals surface area contributed by atoms with Crippen LogP contribution in [0.3, 0.4) is 0 Å². The van der Waals surface area contributed by atoms with E-state index in [-0.39, 0.29) is 0 Å². The normalized spacial score (nSPS) is 17.0. The van der Waals surface area contributed by atoms with Gasteiger partial charge in [0, 0.05) is 44.8 Å². The van der Waals surface area contributed by atoms with Gasteiger partial charge in [-0.2, -0.15) is 0 Å². The third kappa shape index (κ3) is 4.77. The van der Waals surface area contributed by atoms with Crippen molar-refractivity contribution in [2.45, 2.75) is 25.9 Å². The van der Waals surface area contributed by atoms with Gasteiger partial charge in [0.25, 0.3) is 0 Å². The fourth-order valence-corrected chi connectivity index (χ4v) is 3.67. The quantitative estimate of drug-likeness (QED) is 0.760. The van der Waals surface area contributed by atoms with Gasteiger partial charge in [0.05, 0.1) is 14.2 Å². The molecular weight excluding hydrogens is 324 g/mol. The van der Waals surface area contributed by atoms with Crippen molar-refractivity contribution < 1.29 is 9.47 Å². The highest BCUT2D eigenvalue weighted by Crippen LogP contribution is 2.26. The maximum Gasteiger partial charge on any atom is 0.125 e. The van der Waals surface area contributed by atoms with Crippen molar-refractivity contribution in [1.29, 1.82) is 0 Å². The molecule has 4 heteroatoms. The molecule has 0 bridgehead atoms. The first-order valence-corrected chi connectivity index (χ1v) is 9.41. The molecule has 4 nitrogen and oxygen atoms in total. The Hall–Kier alpha value is -2.04. The summed E-state index contributed by atoms with van der Waals surface area (Å²) < 4.78 is 10.9. The van der Waals surface area contributed by atoms with E-state index in [2.05, 4.69) is 53.1 Å². The molecule has 1 aliphatic heterocycles. The summed E-state index contributed by atoms with van der Waals surface area (Å²) >= 11 is 0. The molecule has 0 N–H and O–H groups in total. The molecule has 2 aromatic rings. The molecule has 3 rings (SSSR count). The summed E-state index contributed by atoms with van der Waals surface area (Å²) in [5.41, 5.74) is 2.64. The van der Waals surface area contributed by atoms with E-state index >= 15 is 0 Å². The third-order valence-corrected chi connectivity index (χ3v) is 5.29. The van der Waals surface area contributed by atoms with Gasteiger partial charge in [0.15, 0.2) is 0 Å². The third-order valence-electron chi connectivity index (χ3n) is 5.29. The van der Waals surface area contributed by atoms with Gasteiger partial charge in [-0.1, -0.05) is 36.4 Å². The Morgan fingerprint density at radius 1 is 0.923 bits per heavy atom. The maximum atomic E-state index is 5.55. The number of rotatable bonds is 7. The number of nitrogens with zero attached hydrogens (tertiary/aromatic N) is 2. The second-order valence-electron chi connectivity index (χ2n) is 7.03. The highest BCUT2D eigenvalue weighted by molar-refractivity contribution is 5.41. The van der Waals surface area contributed by atoms with Gasteiger partial charge in [0.1, 0.15) is 11.5 Å². The molecule has 1 saturated heterocycles. The molecule has 0 aliphatic carbocycles. The average molecular weight is 354 g/mol. The molecule has 140 valence electrons. The summed E-state index contributed by atoms with van der Waals surface area (Å²) in [5, 5.41) is 0. The van der Waals surface area contributed by atoms with Crippen LogP contribution in [0.4, 0.5) is 0 Å². The first-order chi connectivity index (χ1) is 12.7. The number of hydrogen-bond acceptors (Lipinski definition) is 4. The van der Waals surface area contributed by atoms with Crippen LogP contribution in [0.15, 0.2) is 48.5 Å². The van der Waals surface area contributed by atoms with Gasteiger partial charge in [0.2, 0.25) is 0 Å². The molecule has 0 spiro atoms. The minimum Gasteiger partial charge on any atom is -0.497 e. The number of benzene rings is 2. The monoisotopic (exact) mass is 354 g/mol. The Kier molecular flexibility index (Phi) is 6.53. The van der Waals surface area contributed by atoms with E-state index in [9.17, 15) is 0 Å². The lowest BCUT2D eigenvalue weighted by Crippen LogP contribution is -2.49. The van der Waals surface area contributed by atoms with E-state index < -0.39 is 0 Å². The summed E-state index contributed by atoms with van der Waals surface area (Å²) in [6.07, 6.45) is 0.992. The fourth-order valence-electron chi connectivity index (χ4n) is 3.67. The number of piperazine rings is 1. The van der Waals surface area contributed by atoms with Crippen LogP contribution >= 0.6 is 0 Å². The number of methoxy groups -OCH3 is 2. The second kappa shape index (κ2) is 9.06. The van der Waals surface area contributed by atoms with Crippen LogP contribution in [-0.4, -0.2) is 56.2 Å². The largest absolute Gasteiger partial charge is 0.497 e. The Morgan fingerprint density at radius 2 is 1.65 bits per heavy atom. The van der Waals surface area contributed by atoms with Gasteiger partial charge in [-0.05, 0) is 30.5 Å². The van der Waals surface area contributed by atoms with E-state index in [1.165, 1.54) is 11.1 Å². The van der Waals surface area contributed by atoms with Crippen LogP contribution in [0, 0.1) is 0 Å². The molecular formula is C22H30N2O2. The average Bonchev–Trinajstić information content (AvgIpc) is 2.69. The highest BCUT2D eigenvalue weighted by atomic mass is 16.5. The first kappa shape index (κ1) is 18.7. The minimum absolute atomic E-state index is 0.496. The van der Waals surface area contributed by atoms with Gasteiger partial charge in [-0.3, -0.25) is 9.80 Å². The van der Waals surface area contributed by atoms with Crippen LogP contribution in [0.5, 0.6) is 11.5 Å². The molecule has 1 atom stereocenters. The van der Waals surface area contributed by atoms with E-state index in [0.29, 0.717) is 6.04 Å². The molecule has 26 heavy (non-hydrogen) atoms. The molecule has 2 aromatic carbocycles. The van der Waals surface area contributed by atoms with Crippen molar-refractivity contribution >= 4 is 0 Å². The lowest BCUT2D eigenvalue weighted by atomic mass is 10.0. The minimum atomic E-state index is 0.496. The lowest BCUT2D eigenvalue weighted by Gasteiger charge is -2.38. The summed E-state index contributed by atoms with van der Waals surface area (Å²) in [5.74, 6) is 1.76. The van der Waals surface area contributed by atoms with Crippen molar-refractivity contribution in [3.05, 3.63) is 59.7 Å². The summed E-state index contributed by atoms with van der Waals surface area (Å²) in [7, 11) is 3.41. The maximum absolute atomic E-state index is 5.55. The SMILES string of the molecule is COc1ccc(C[C@H](C)N2CCN(Cc3ccccc3)CC2)c(OC)c1. The molecule has 0 aromatic heterocycles. The van der Waals surface area contributed by atoms with Crippen LogP contribution in [0.25, 0.3) is 0 Å². The van der Waals surface area contributed by atoms with Crippen molar-refractivity contribution in [3.8, 4) is 11.5 Å². The zero-order valence-corrected chi connectivity index (χ0v) is 16.1.